The number of hydrogen-bond donors (Lipinski definition) is 4. The van der Waals surface area contributed by atoms with Crippen molar-refractivity contribution in [2.24, 2.45) is 0 Å². The van der Waals surface area contributed by atoms with Gasteiger partial charge in [-0.05, 0) is 31.2 Å². The number of carbonyl (C=O) groups is 2. The van der Waals surface area contributed by atoms with Crippen LogP contribution in [0.3, 0.4) is 0 Å². The summed E-state index contributed by atoms with van der Waals surface area (Å²) in [6, 6.07) is 17.8. The van der Waals surface area contributed by atoms with E-state index in [0.717, 1.165) is 5.69 Å². The zero-order valence-electron chi connectivity index (χ0n) is 16.7. The molecule has 154 valence electrons. The first-order chi connectivity index (χ1) is 14.6. The number of urea groups is 1. The summed E-state index contributed by atoms with van der Waals surface area (Å²) in [4.78, 5) is 29.0. The number of ether oxygens (including phenoxy) is 1. The molecule has 0 aliphatic carbocycles. The fourth-order valence-corrected chi connectivity index (χ4v) is 2.74. The van der Waals surface area contributed by atoms with E-state index in [0.29, 0.717) is 35.1 Å². The van der Waals surface area contributed by atoms with Crippen molar-refractivity contribution < 1.29 is 14.3 Å². The van der Waals surface area contributed by atoms with Gasteiger partial charge in [-0.1, -0.05) is 30.3 Å². The van der Waals surface area contributed by atoms with Gasteiger partial charge in [0.2, 0.25) is 0 Å². The average molecular weight is 405 g/mol. The molecule has 0 radical (unpaired) electrons. The van der Waals surface area contributed by atoms with Crippen LogP contribution in [0.15, 0.2) is 66.9 Å². The topological polar surface area (TPSA) is 104 Å². The molecule has 0 saturated heterocycles. The Balaban J connectivity index is 1.91. The molecule has 0 aliphatic rings. The average Bonchev–Trinajstić information content (AvgIpc) is 2.75. The molecule has 0 saturated carbocycles. The van der Waals surface area contributed by atoms with E-state index in [1.807, 2.05) is 43.3 Å². The van der Waals surface area contributed by atoms with Crippen LogP contribution in [0.1, 0.15) is 17.3 Å². The maximum absolute atomic E-state index is 13.0. The molecule has 4 N–H and O–H groups in total. The van der Waals surface area contributed by atoms with Crippen LogP contribution in [0.25, 0.3) is 0 Å². The Morgan fingerprint density at radius 1 is 0.967 bits per heavy atom. The highest BCUT2D eigenvalue weighted by Gasteiger charge is 2.16. The number of carbonyl (C=O) groups excluding carboxylic acids is 2. The molecule has 3 amide bonds. The van der Waals surface area contributed by atoms with Crippen molar-refractivity contribution >= 4 is 34.8 Å². The maximum Gasteiger partial charge on any atom is 0.320 e. The molecule has 3 rings (SSSR count). The Bertz CT molecular complexity index is 1020. The minimum Gasteiger partial charge on any atom is -0.495 e. The van der Waals surface area contributed by atoms with Gasteiger partial charge < -0.3 is 20.7 Å². The normalized spacial score (nSPS) is 10.1. The fourth-order valence-electron chi connectivity index (χ4n) is 2.74. The Labute approximate surface area is 174 Å². The zero-order valence-corrected chi connectivity index (χ0v) is 16.7. The number of para-hydroxylation sites is 3. The summed E-state index contributed by atoms with van der Waals surface area (Å²) in [6.45, 7) is 2.31. The first-order valence-electron chi connectivity index (χ1n) is 9.42. The van der Waals surface area contributed by atoms with Crippen molar-refractivity contribution in [2.45, 2.75) is 6.92 Å². The van der Waals surface area contributed by atoms with Gasteiger partial charge in [-0.2, -0.15) is 0 Å². The number of nitrogens with zero attached hydrogens (tertiary/aromatic N) is 1. The third-order valence-corrected chi connectivity index (χ3v) is 4.14. The van der Waals surface area contributed by atoms with Crippen molar-refractivity contribution in [2.75, 3.05) is 29.6 Å². The Kier molecular flexibility index (Phi) is 6.83. The second kappa shape index (κ2) is 9.92. The molecule has 0 fully saturated rings. The van der Waals surface area contributed by atoms with Gasteiger partial charge in [-0.3, -0.25) is 10.1 Å². The molecule has 0 bridgehead atoms. The smallest absolute Gasteiger partial charge is 0.320 e. The lowest BCUT2D eigenvalue weighted by molar-refractivity contribution is 0.102. The quantitative estimate of drug-likeness (QED) is 0.471. The maximum atomic E-state index is 13.0. The van der Waals surface area contributed by atoms with Crippen LogP contribution in [0.5, 0.6) is 5.75 Å². The summed E-state index contributed by atoms with van der Waals surface area (Å²) in [7, 11) is 1.54. The Morgan fingerprint density at radius 3 is 2.43 bits per heavy atom. The summed E-state index contributed by atoms with van der Waals surface area (Å²) in [5.41, 5.74) is 2.14. The molecule has 1 aromatic heterocycles. The Morgan fingerprint density at radius 2 is 1.70 bits per heavy atom. The predicted octanol–water partition coefficient (Wildman–Crippen LogP) is 4.23. The van der Waals surface area contributed by atoms with Gasteiger partial charge in [0.1, 0.15) is 11.6 Å². The predicted molar refractivity (Wildman–Crippen MR) is 118 cm³/mol. The number of benzene rings is 2. The number of aromatic nitrogens is 1. The zero-order chi connectivity index (χ0) is 21.3. The van der Waals surface area contributed by atoms with Gasteiger partial charge in [0.05, 0.1) is 24.0 Å². The van der Waals surface area contributed by atoms with E-state index >= 15 is 0 Å². The van der Waals surface area contributed by atoms with Gasteiger partial charge in [-0.15, -0.1) is 0 Å². The molecule has 8 heteroatoms. The number of methoxy groups -OCH3 is 1. The summed E-state index contributed by atoms with van der Waals surface area (Å²) in [6.07, 6.45) is 1.41. The van der Waals surface area contributed by atoms with Gasteiger partial charge in [0.25, 0.3) is 5.91 Å². The second-order valence-corrected chi connectivity index (χ2v) is 6.25. The number of hydrogen-bond acceptors (Lipinski definition) is 5. The van der Waals surface area contributed by atoms with Gasteiger partial charge in [-0.25, -0.2) is 9.78 Å². The fraction of sp³-hybridized carbons (Fsp3) is 0.136. The third-order valence-electron chi connectivity index (χ3n) is 4.14. The van der Waals surface area contributed by atoms with Crippen molar-refractivity contribution in [1.29, 1.82) is 0 Å². The van der Waals surface area contributed by atoms with Crippen LogP contribution in [-0.2, 0) is 0 Å². The highest BCUT2D eigenvalue weighted by molar-refractivity contribution is 6.09. The molecular formula is C22H23N5O3. The molecule has 3 aromatic rings. The SMILES string of the molecule is CCNC(=O)Nc1cc(Nc2ccccc2)c(C(=O)Nc2ccccc2OC)cn1. The Hall–Kier alpha value is -4.07. The number of rotatable bonds is 7. The number of amides is 3. The minimum absolute atomic E-state index is 0.311. The van der Waals surface area contributed by atoms with Crippen LogP contribution < -0.4 is 26.0 Å². The number of pyridine rings is 1. The molecule has 2 aromatic carbocycles. The van der Waals surface area contributed by atoms with Gasteiger partial charge in [0.15, 0.2) is 0 Å². The summed E-state index contributed by atoms with van der Waals surface area (Å²) in [5.74, 6) is 0.495. The first-order valence-corrected chi connectivity index (χ1v) is 9.42. The second-order valence-electron chi connectivity index (χ2n) is 6.25. The molecule has 0 atom stereocenters. The lowest BCUT2D eigenvalue weighted by Gasteiger charge is -2.15. The third kappa shape index (κ3) is 5.26. The standard InChI is InChI=1S/C22H23N5O3/c1-3-23-22(29)27-20-13-18(25-15-9-5-4-6-10-15)16(14-24-20)21(28)26-17-11-7-8-12-19(17)30-2/h4-14H,3H2,1-2H3,(H,26,28)(H3,23,24,25,27,29). The van der Waals surface area contributed by atoms with Gasteiger partial charge in [0, 0.05) is 24.5 Å². The minimum atomic E-state index is -0.373. The van der Waals surface area contributed by atoms with Gasteiger partial charge >= 0.3 is 6.03 Å². The molecular weight excluding hydrogens is 382 g/mol. The molecule has 0 aliphatic heterocycles. The van der Waals surface area contributed by atoms with E-state index in [4.69, 9.17) is 4.74 Å². The molecule has 0 spiro atoms. The summed E-state index contributed by atoms with van der Waals surface area (Å²) < 4.78 is 5.29. The van der Waals surface area contributed by atoms with Crippen molar-refractivity contribution in [3.8, 4) is 5.75 Å². The molecule has 8 nitrogen and oxygen atoms in total. The first kappa shape index (κ1) is 20.7. The van der Waals surface area contributed by atoms with E-state index in [9.17, 15) is 9.59 Å². The molecule has 0 unspecified atom stereocenters. The van der Waals surface area contributed by atoms with Crippen LogP contribution in [-0.4, -0.2) is 30.6 Å². The monoisotopic (exact) mass is 405 g/mol. The van der Waals surface area contributed by atoms with E-state index in [1.54, 1.807) is 24.3 Å². The summed E-state index contributed by atoms with van der Waals surface area (Å²) >= 11 is 0. The lowest BCUT2D eigenvalue weighted by Crippen LogP contribution is -2.28. The van der Waals surface area contributed by atoms with E-state index < -0.39 is 0 Å². The van der Waals surface area contributed by atoms with Crippen LogP contribution in [0.4, 0.5) is 27.7 Å². The molecule has 1 heterocycles. The van der Waals surface area contributed by atoms with Crippen LogP contribution in [0, 0.1) is 0 Å². The highest BCUT2D eigenvalue weighted by Crippen LogP contribution is 2.27. The van der Waals surface area contributed by atoms with Crippen LogP contribution in [0.2, 0.25) is 0 Å². The van der Waals surface area contributed by atoms with E-state index in [-0.39, 0.29) is 11.9 Å². The largest absolute Gasteiger partial charge is 0.495 e. The van der Waals surface area contributed by atoms with E-state index in [2.05, 4.69) is 26.3 Å². The van der Waals surface area contributed by atoms with Crippen molar-refractivity contribution in [3.05, 3.63) is 72.4 Å². The lowest BCUT2D eigenvalue weighted by atomic mass is 10.2. The van der Waals surface area contributed by atoms with Crippen molar-refractivity contribution in [3.63, 3.8) is 0 Å². The summed E-state index contributed by atoms with van der Waals surface area (Å²) in [5, 5.41) is 11.3. The van der Waals surface area contributed by atoms with Crippen LogP contribution >= 0.6 is 0 Å². The highest BCUT2D eigenvalue weighted by atomic mass is 16.5. The van der Waals surface area contributed by atoms with Crippen molar-refractivity contribution in [1.82, 2.24) is 10.3 Å². The number of nitrogens with one attached hydrogen (secondary N) is 4. The molecule has 30 heavy (non-hydrogen) atoms. The number of anilines is 4. The van der Waals surface area contributed by atoms with E-state index in [1.165, 1.54) is 13.3 Å².